The van der Waals surface area contributed by atoms with E-state index in [4.69, 9.17) is 9.47 Å². The van der Waals surface area contributed by atoms with Crippen molar-refractivity contribution in [3.05, 3.63) is 28.6 Å². The molecule has 0 aliphatic rings. The molecule has 0 saturated carbocycles. The van der Waals surface area contributed by atoms with Crippen molar-refractivity contribution in [3.63, 3.8) is 0 Å². The second kappa shape index (κ2) is 10.9. The van der Waals surface area contributed by atoms with E-state index in [2.05, 4.69) is 5.32 Å². The molecular weight excluding hydrogens is 364 g/mol. The minimum absolute atomic E-state index is 0.147. The van der Waals surface area contributed by atoms with Gasteiger partial charge in [0.25, 0.3) is 5.91 Å². The van der Waals surface area contributed by atoms with Crippen molar-refractivity contribution in [2.24, 2.45) is 0 Å². The largest absolute Gasteiger partial charge is 0.451 e. The van der Waals surface area contributed by atoms with Gasteiger partial charge in [-0.25, -0.2) is 9.59 Å². The quantitative estimate of drug-likeness (QED) is 0.393. The van der Waals surface area contributed by atoms with Crippen LogP contribution in [0.5, 0.6) is 0 Å². The number of carbonyl (C=O) groups is 3. The van der Waals surface area contributed by atoms with Crippen LogP contribution in [-0.2, 0) is 25.6 Å². The van der Waals surface area contributed by atoms with E-state index in [1.54, 1.807) is 27.0 Å². The second-order valence-electron chi connectivity index (χ2n) is 6.39. The molecule has 0 fully saturated rings. The summed E-state index contributed by atoms with van der Waals surface area (Å²) in [5.41, 5.74) is 2.29. The fourth-order valence-electron chi connectivity index (χ4n) is 2.46. The maximum Gasteiger partial charge on any atom is 0.349 e. The molecule has 0 radical (unpaired) electrons. The van der Waals surface area contributed by atoms with E-state index in [0.717, 1.165) is 11.4 Å². The summed E-state index contributed by atoms with van der Waals surface area (Å²) in [6.07, 6.45) is 1.41. The van der Waals surface area contributed by atoms with Crippen molar-refractivity contribution in [3.8, 4) is 6.07 Å². The van der Waals surface area contributed by atoms with E-state index in [0.29, 0.717) is 18.7 Å². The Morgan fingerprint density at radius 1 is 1.32 bits per heavy atom. The highest BCUT2D eigenvalue weighted by Gasteiger charge is 2.16. The Hall–Kier alpha value is -3.12. The lowest BCUT2D eigenvalue weighted by atomic mass is 10.1. The molecule has 0 bridgehead atoms. The molecule has 0 aliphatic heterocycles. The first kappa shape index (κ1) is 22.9. The van der Waals surface area contributed by atoms with Crippen molar-refractivity contribution in [2.75, 3.05) is 20.3 Å². The van der Waals surface area contributed by atoms with E-state index in [-0.39, 0.29) is 11.6 Å². The molecule has 0 aliphatic carbocycles. The summed E-state index contributed by atoms with van der Waals surface area (Å²) >= 11 is 0. The molecule has 2 N–H and O–H groups in total. The number of methoxy groups -OCH3 is 1. The second-order valence-corrected chi connectivity index (χ2v) is 6.39. The van der Waals surface area contributed by atoms with Crippen molar-refractivity contribution in [2.45, 2.75) is 40.3 Å². The highest BCUT2D eigenvalue weighted by molar-refractivity contribution is 6.00. The summed E-state index contributed by atoms with van der Waals surface area (Å²) in [5.74, 6) is -1.73. The number of hydrogen-bond acceptors (Lipinski definition) is 6. The maximum atomic E-state index is 12.1. The number of nitrogens with one attached hydrogen (secondary N) is 2. The number of esters is 1. The fraction of sp³-hybridized carbons (Fsp3) is 0.474. The van der Waals surface area contributed by atoms with Gasteiger partial charge in [-0.1, -0.05) is 0 Å². The number of urea groups is 1. The molecule has 0 spiro atoms. The average molecular weight is 390 g/mol. The van der Waals surface area contributed by atoms with Crippen LogP contribution < -0.4 is 10.6 Å². The Kier molecular flexibility index (Phi) is 8.91. The number of aromatic nitrogens is 1. The Morgan fingerprint density at radius 2 is 2.00 bits per heavy atom. The van der Waals surface area contributed by atoms with Crippen molar-refractivity contribution in [1.82, 2.24) is 15.2 Å². The van der Waals surface area contributed by atoms with E-state index >= 15 is 0 Å². The summed E-state index contributed by atoms with van der Waals surface area (Å²) in [6.45, 7) is 7.77. The van der Waals surface area contributed by atoms with Gasteiger partial charge in [0, 0.05) is 31.1 Å². The third kappa shape index (κ3) is 6.89. The number of aryl methyl sites for hydroxylation is 1. The summed E-state index contributed by atoms with van der Waals surface area (Å²) in [7, 11) is 1.61. The molecular formula is C19H26N4O5. The molecule has 0 unspecified atom stereocenters. The number of carbonyl (C=O) groups excluding carboxylic acids is 3. The lowest BCUT2D eigenvalue weighted by Gasteiger charge is -2.09. The van der Waals surface area contributed by atoms with Gasteiger partial charge in [0.2, 0.25) is 0 Å². The Labute approximate surface area is 164 Å². The van der Waals surface area contributed by atoms with Crippen LogP contribution in [0, 0.1) is 25.2 Å². The highest BCUT2D eigenvalue weighted by Crippen LogP contribution is 2.18. The van der Waals surface area contributed by atoms with Crippen LogP contribution in [0.1, 0.15) is 30.8 Å². The summed E-state index contributed by atoms with van der Waals surface area (Å²) in [5, 5.41) is 13.8. The van der Waals surface area contributed by atoms with E-state index < -0.39 is 24.5 Å². The van der Waals surface area contributed by atoms with Gasteiger partial charge in [-0.2, -0.15) is 5.26 Å². The molecule has 0 atom stereocenters. The lowest BCUT2D eigenvalue weighted by Crippen LogP contribution is -2.44. The number of ether oxygens (including phenoxy) is 2. The van der Waals surface area contributed by atoms with Crippen LogP contribution in [-0.4, -0.2) is 48.8 Å². The zero-order valence-electron chi connectivity index (χ0n) is 16.8. The first-order valence-electron chi connectivity index (χ1n) is 8.74. The zero-order valence-corrected chi connectivity index (χ0v) is 16.8. The predicted octanol–water partition coefficient (Wildman–Crippen LogP) is 1.44. The minimum Gasteiger partial charge on any atom is -0.451 e. The number of nitrogens with zero attached hydrogens (tertiary/aromatic N) is 2. The molecule has 0 aromatic carbocycles. The van der Waals surface area contributed by atoms with Gasteiger partial charge in [-0.05, 0) is 45.4 Å². The minimum atomic E-state index is -0.941. The Balaban J connectivity index is 2.77. The first-order valence-corrected chi connectivity index (χ1v) is 8.74. The third-order valence-electron chi connectivity index (χ3n) is 3.78. The first-order chi connectivity index (χ1) is 13.2. The number of imide groups is 1. The van der Waals surface area contributed by atoms with Gasteiger partial charge < -0.3 is 19.4 Å². The predicted molar refractivity (Wildman–Crippen MR) is 102 cm³/mol. The van der Waals surface area contributed by atoms with Gasteiger partial charge in [-0.3, -0.25) is 10.1 Å². The molecule has 1 heterocycles. The van der Waals surface area contributed by atoms with Gasteiger partial charge in [0.1, 0.15) is 11.6 Å². The number of amides is 3. The average Bonchev–Trinajstić information content (AvgIpc) is 2.88. The SMILES string of the molecule is COCCn1c(C)cc(/C=C(\C#N)C(=O)OCC(=O)NC(=O)NC(C)C)c1C. The highest BCUT2D eigenvalue weighted by atomic mass is 16.5. The molecule has 1 rings (SSSR count). The van der Waals surface area contributed by atoms with E-state index in [1.165, 1.54) is 6.08 Å². The number of hydrogen-bond donors (Lipinski definition) is 2. The Morgan fingerprint density at radius 3 is 2.57 bits per heavy atom. The van der Waals surface area contributed by atoms with E-state index in [9.17, 15) is 19.6 Å². The fourth-order valence-corrected chi connectivity index (χ4v) is 2.46. The van der Waals surface area contributed by atoms with Crippen LogP contribution >= 0.6 is 0 Å². The van der Waals surface area contributed by atoms with E-state index in [1.807, 2.05) is 29.8 Å². The van der Waals surface area contributed by atoms with Crippen LogP contribution in [0.4, 0.5) is 4.79 Å². The molecule has 9 nitrogen and oxygen atoms in total. The van der Waals surface area contributed by atoms with Gasteiger partial charge in [0.15, 0.2) is 6.61 Å². The number of rotatable bonds is 8. The topological polar surface area (TPSA) is 122 Å². The van der Waals surface area contributed by atoms with Crippen LogP contribution in [0.3, 0.4) is 0 Å². The molecule has 0 saturated heterocycles. The van der Waals surface area contributed by atoms with Gasteiger partial charge in [0.05, 0.1) is 6.61 Å². The monoisotopic (exact) mass is 390 g/mol. The van der Waals surface area contributed by atoms with Crippen LogP contribution in [0.2, 0.25) is 0 Å². The van der Waals surface area contributed by atoms with Crippen molar-refractivity contribution < 1.29 is 23.9 Å². The van der Waals surface area contributed by atoms with Crippen LogP contribution in [0.15, 0.2) is 11.6 Å². The van der Waals surface area contributed by atoms with Crippen molar-refractivity contribution in [1.29, 1.82) is 5.26 Å². The summed E-state index contributed by atoms with van der Waals surface area (Å²) in [4.78, 5) is 35.2. The standard InChI is InChI=1S/C19H26N4O5/c1-12(2)21-19(26)22-17(24)11-28-18(25)16(10-20)9-15-8-13(3)23(14(15)4)6-7-27-5/h8-9,12H,6-7,11H2,1-5H3,(H2,21,22,24,26)/b16-9+. The smallest absolute Gasteiger partial charge is 0.349 e. The summed E-state index contributed by atoms with van der Waals surface area (Å²) < 4.78 is 11.9. The molecule has 28 heavy (non-hydrogen) atoms. The lowest BCUT2D eigenvalue weighted by molar-refractivity contribution is -0.144. The molecule has 3 amide bonds. The molecule has 152 valence electrons. The van der Waals surface area contributed by atoms with Gasteiger partial charge >= 0.3 is 12.0 Å². The van der Waals surface area contributed by atoms with Gasteiger partial charge in [-0.15, -0.1) is 0 Å². The Bertz CT molecular complexity index is 802. The maximum absolute atomic E-state index is 12.1. The van der Waals surface area contributed by atoms with Crippen LogP contribution in [0.25, 0.3) is 6.08 Å². The molecule has 1 aromatic heterocycles. The normalized spacial score (nSPS) is 11.1. The van der Waals surface area contributed by atoms with Crippen molar-refractivity contribution >= 4 is 24.0 Å². The third-order valence-corrected chi connectivity index (χ3v) is 3.78. The number of nitriles is 1. The molecule has 1 aromatic rings. The molecule has 9 heteroatoms. The summed E-state index contributed by atoms with van der Waals surface area (Å²) in [6, 6.07) is 2.80. The zero-order chi connectivity index (χ0) is 21.3.